The molecule has 5 heteroatoms. The highest BCUT2D eigenvalue weighted by atomic mass is 19.4. The van der Waals surface area contributed by atoms with Crippen LogP contribution in [-0.4, -0.2) is 4.98 Å². The number of aromatic nitrogens is 1. The van der Waals surface area contributed by atoms with Gasteiger partial charge in [-0.2, -0.15) is 13.2 Å². The third-order valence-corrected chi connectivity index (χ3v) is 3.03. The lowest BCUT2D eigenvalue weighted by atomic mass is 10.1. The van der Waals surface area contributed by atoms with Crippen LogP contribution in [0.4, 0.5) is 13.2 Å². The molecule has 2 nitrogen and oxygen atoms in total. The van der Waals surface area contributed by atoms with Crippen LogP contribution in [0.15, 0.2) is 47.3 Å². The highest BCUT2D eigenvalue weighted by Gasteiger charge is 2.30. The number of nitrogens with one attached hydrogen (secondary N) is 1. The van der Waals surface area contributed by atoms with Gasteiger partial charge in [0.2, 0.25) is 0 Å². The third-order valence-electron chi connectivity index (χ3n) is 3.03. The first-order chi connectivity index (χ1) is 8.97. The van der Waals surface area contributed by atoms with E-state index in [1.54, 1.807) is 24.3 Å². The summed E-state index contributed by atoms with van der Waals surface area (Å²) in [6, 6.07) is 9.84. The Hall–Kier alpha value is -2.30. The molecule has 0 spiro atoms. The molecular weight excluding hydrogens is 255 g/mol. The molecule has 0 aliphatic carbocycles. The van der Waals surface area contributed by atoms with Gasteiger partial charge in [0.05, 0.1) is 11.1 Å². The molecule has 3 rings (SSSR count). The van der Waals surface area contributed by atoms with E-state index in [4.69, 9.17) is 0 Å². The second-order valence-electron chi connectivity index (χ2n) is 4.26. The Morgan fingerprint density at radius 1 is 0.895 bits per heavy atom. The van der Waals surface area contributed by atoms with Crippen molar-refractivity contribution in [3.8, 4) is 0 Å². The Morgan fingerprint density at radius 3 is 2.32 bits per heavy atom. The first kappa shape index (κ1) is 11.8. The quantitative estimate of drug-likeness (QED) is 0.616. The maximum Gasteiger partial charge on any atom is 0.416 e. The second-order valence-corrected chi connectivity index (χ2v) is 4.26. The van der Waals surface area contributed by atoms with Crippen molar-refractivity contribution >= 4 is 21.8 Å². The van der Waals surface area contributed by atoms with E-state index in [0.29, 0.717) is 10.9 Å². The van der Waals surface area contributed by atoms with Crippen molar-refractivity contribution in [2.45, 2.75) is 6.18 Å². The summed E-state index contributed by atoms with van der Waals surface area (Å²) in [7, 11) is 0. The molecule has 0 amide bonds. The molecule has 3 aromatic rings. The lowest BCUT2D eigenvalue weighted by Crippen LogP contribution is -2.08. The average Bonchev–Trinajstić information content (AvgIpc) is 2.37. The summed E-state index contributed by atoms with van der Waals surface area (Å²) in [6.45, 7) is 0. The molecule has 0 atom stereocenters. The normalized spacial score (nSPS) is 12.2. The molecule has 19 heavy (non-hydrogen) atoms. The number of rotatable bonds is 0. The van der Waals surface area contributed by atoms with Crippen molar-refractivity contribution in [3.63, 3.8) is 0 Å². The Morgan fingerprint density at radius 2 is 1.58 bits per heavy atom. The van der Waals surface area contributed by atoms with Gasteiger partial charge >= 0.3 is 6.18 Å². The van der Waals surface area contributed by atoms with Gasteiger partial charge < -0.3 is 4.98 Å². The second kappa shape index (κ2) is 3.85. The highest BCUT2D eigenvalue weighted by Crippen LogP contribution is 2.30. The van der Waals surface area contributed by atoms with Gasteiger partial charge in [-0.05, 0) is 30.3 Å². The molecule has 1 aromatic heterocycles. The van der Waals surface area contributed by atoms with E-state index in [1.807, 2.05) is 0 Å². The Bertz CT molecular complexity index is 833. The van der Waals surface area contributed by atoms with Crippen LogP contribution in [0.25, 0.3) is 21.8 Å². The zero-order valence-corrected chi connectivity index (χ0v) is 9.58. The smallest absolute Gasteiger partial charge is 0.354 e. The molecule has 1 heterocycles. The first-order valence-electron chi connectivity index (χ1n) is 5.59. The van der Waals surface area contributed by atoms with Gasteiger partial charge in [0.25, 0.3) is 0 Å². The fourth-order valence-corrected chi connectivity index (χ4v) is 2.10. The van der Waals surface area contributed by atoms with E-state index in [1.165, 1.54) is 6.07 Å². The van der Waals surface area contributed by atoms with Crippen LogP contribution < -0.4 is 5.43 Å². The Balaban J connectivity index is 2.42. The molecule has 1 N–H and O–H groups in total. The van der Waals surface area contributed by atoms with Crippen molar-refractivity contribution in [1.29, 1.82) is 0 Å². The van der Waals surface area contributed by atoms with Crippen LogP contribution in [0, 0.1) is 0 Å². The monoisotopic (exact) mass is 263 g/mol. The Kier molecular flexibility index (Phi) is 2.38. The van der Waals surface area contributed by atoms with Crippen LogP contribution in [-0.2, 0) is 6.18 Å². The first-order valence-corrected chi connectivity index (χ1v) is 5.59. The zero-order chi connectivity index (χ0) is 13.6. The van der Waals surface area contributed by atoms with Crippen LogP contribution in [0.5, 0.6) is 0 Å². The molecule has 0 aliphatic heterocycles. The molecule has 0 aliphatic rings. The minimum Gasteiger partial charge on any atom is -0.354 e. The SMILES string of the molecule is O=c1c2ccccc2[nH]c2cc(C(F)(F)F)ccc12. The maximum absolute atomic E-state index is 12.6. The van der Waals surface area contributed by atoms with E-state index < -0.39 is 11.7 Å². The Labute approximate surface area is 105 Å². The minimum absolute atomic E-state index is 0.193. The number of pyridine rings is 1. The standard InChI is InChI=1S/C14H8F3NO/c15-14(16,17)8-5-6-10-12(7-8)18-11-4-2-1-3-9(11)13(10)19/h1-7H,(H,18,19). The molecule has 0 saturated heterocycles. The topological polar surface area (TPSA) is 32.9 Å². The number of aromatic amines is 1. The van der Waals surface area contributed by atoms with Gasteiger partial charge in [-0.25, -0.2) is 0 Å². The molecule has 96 valence electrons. The number of benzene rings is 2. The number of hydrogen-bond donors (Lipinski definition) is 1. The van der Waals surface area contributed by atoms with Gasteiger partial charge in [-0.1, -0.05) is 12.1 Å². The van der Waals surface area contributed by atoms with Crippen molar-refractivity contribution in [3.05, 3.63) is 58.3 Å². The predicted molar refractivity (Wildman–Crippen MR) is 67.1 cm³/mol. The number of halogens is 3. The van der Waals surface area contributed by atoms with E-state index in [-0.39, 0.29) is 16.3 Å². The molecule has 0 unspecified atom stereocenters. The summed E-state index contributed by atoms with van der Waals surface area (Å²) in [5.74, 6) is 0. The van der Waals surface area contributed by atoms with E-state index in [9.17, 15) is 18.0 Å². The lowest BCUT2D eigenvalue weighted by Gasteiger charge is -2.08. The van der Waals surface area contributed by atoms with Crippen molar-refractivity contribution in [2.24, 2.45) is 0 Å². The fraction of sp³-hybridized carbons (Fsp3) is 0.0714. The molecule has 0 fully saturated rings. The molecule has 2 aromatic carbocycles. The van der Waals surface area contributed by atoms with Crippen molar-refractivity contribution < 1.29 is 13.2 Å². The predicted octanol–water partition coefficient (Wildman–Crippen LogP) is 3.70. The van der Waals surface area contributed by atoms with Crippen molar-refractivity contribution in [2.75, 3.05) is 0 Å². The van der Waals surface area contributed by atoms with Crippen LogP contribution in [0.3, 0.4) is 0 Å². The summed E-state index contributed by atoms with van der Waals surface area (Å²) < 4.78 is 37.9. The largest absolute Gasteiger partial charge is 0.416 e. The number of H-pyrrole nitrogens is 1. The van der Waals surface area contributed by atoms with Gasteiger partial charge in [0, 0.05) is 16.3 Å². The van der Waals surface area contributed by atoms with Crippen molar-refractivity contribution in [1.82, 2.24) is 4.98 Å². The van der Waals surface area contributed by atoms with Gasteiger partial charge in [0.1, 0.15) is 0 Å². The van der Waals surface area contributed by atoms with Gasteiger partial charge in [-0.3, -0.25) is 4.79 Å². The zero-order valence-electron chi connectivity index (χ0n) is 9.58. The lowest BCUT2D eigenvalue weighted by molar-refractivity contribution is -0.137. The van der Waals surface area contributed by atoms with E-state index >= 15 is 0 Å². The molecule has 0 bridgehead atoms. The summed E-state index contributed by atoms with van der Waals surface area (Å²) in [5, 5.41) is 0.724. The number of fused-ring (bicyclic) bond motifs is 2. The van der Waals surface area contributed by atoms with Gasteiger partial charge in [-0.15, -0.1) is 0 Å². The summed E-state index contributed by atoms with van der Waals surface area (Å²) in [4.78, 5) is 15.0. The minimum atomic E-state index is -4.42. The van der Waals surface area contributed by atoms with Crippen LogP contribution in [0.1, 0.15) is 5.56 Å². The average molecular weight is 263 g/mol. The highest BCUT2D eigenvalue weighted by molar-refractivity contribution is 5.92. The number of hydrogen-bond acceptors (Lipinski definition) is 1. The van der Waals surface area contributed by atoms with E-state index in [2.05, 4.69) is 4.98 Å². The van der Waals surface area contributed by atoms with Crippen LogP contribution >= 0.6 is 0 Å². The van der Waals surface area contributed by atoms with Gasteiger partial charge in [0.15, 0.2) is 5.43 Å². The third kappa shape index (κ3) is 1.87. The summed E-state index contributed by atoms with van der Waals surface area (Å²) in [5.41, 5.74) is -0.318. The number of alkyl halides is 3. The molecule has 0 saturated carbocycles. The molecule has 0 radical (unpaired) electrons. The fourth-order valence-electron chi connectivity index (χ4n) is 2.10. The molecular formula is C14H8F3NO. The summed E-state index contributed by atoms with van der Waals surface area (Å²) in [6.07, 6.45) is -4.42. The maximum atomic E-state index is 12.6. The number of para-hydroxylation sites is 1. The van der Waals surface area contributed by atoms with Crippen LogP contribution in [0.2, 0.25) is 0 Å². The summed E-state index contributed by atoms with van der Waals surface area (Å²) >= 11 is 0. The van der Waals surface area contributed by atoms with E-state index in [0.717, 1.165) is 12.1 Å².